The first-order chi connectivity index (χ1) is 6.33. The molecule has 1 unspecified atom stereocenters. The Morgan fingerprint density at radius 1 is 1.69 bits per heavy atom. The first-order valence-electron chi connectivity index (χ1n) is 4.74. The summed E-state index contributed by atoms with van der Waals surface area (Å²) in [6, 6.07) is 0. The predicted octanol–water partition coefficient (Wildman–Crippen LogP) is 1.76. The van der Waals surface area contributed by atoms with Crippen LogP contribution in [-0.4, -0.2) is 16.1 Å². The maximum Gasteiger partial charge on any atom is 0.202 e. The molecular weight excluding hydrogens is 186 g/mol. The van der Waals surface area contributed by atoms with E-state index in [9.17, 15) is 0 Å². The summed E-state index contributed by atoms with van der Waals surface area (Å²) in [6.07, 6.45) is 5.34. The molecule has 0 aliphatic carbocycles. The third-order valence-corrected chi connectivity index (χ3v) is 3.01. The van der Waals surface area contributed by atoms with Crippen LogP contribution in [0.3, 0.4) is 0 Å². The zero-order valence-electron chi connectivity index (χ0n) is 7.54. The number of nitrogens with two attached hydrogens (primary N) is 1. The van der Waals surface area contributed by atoms with Gasteiger partial charge in [-0.15, -0.1) is 0 Å². The van der Waals surface area contributed by atoms with E-state index in [1.807, 2.05) is 6.20 Å². The third kappa shape index (κ3) is 1.58. The van der Waals surface area contributed by atoms with Crippen molar-refractivity contribution < 1.29 is 0 Å². The van der Waals surface area contributed by atoms with Gasteiger partial charge in [-0.05, 0) is 37.4 Å². The number of rotatable bonds is 2. The van der Waals surface area contributed by atoms with Gasteiger partial charge >= 0.3 is 0 Å². The summed E-state index contributed by atoms with van der Waals surface area (Å²) in [5.41, 5.74) is 6.83. The van der Waals surface area contributed by atoms with Crippen LogP contribution >= 0.6 is 11.6 Å². The molecule has 1 aliphatic heterocycles. The van der Waals surface area contributed by atoms with Crippen molar-refractivity contribution in [3.63, 3.8) is 0 Å². The highest BCUT2D eigenvalue weighted by Crippen LogP contribution is 2.31. The van der Waals surface area contributed by atoms with Gasteiger partial charge in [-0.25, -0.2) is 4.98 Å². The number of imidazole rings is 1. The molecule has 1 aliphatic rings. The molecule has 2 N–H and O–H groups in total. The van der Waals surface area contributed by atoms with Crippen molar-refractivity contribution in [3.05, 3.63) is 17.2 Å². The zero-order chi connectivity index (χ0) is 9.26. The molecule has 1 atom stereocenters. The predicted molar refractivity (Wildman–Crippen MR) is 52.9 cm³/mol. The summed E-state index contributed by atoms with van der Waals surface area (Å²) >= 11 is 5.94. The summed E-state index contributed by atoms with van der Waals surface area (Å²) in [5, 5.41) is 0.622. The van der Waals surface area contributed by atoms with Crippen molar-refractivity contribution in [2.45, 2.75) is 31.7 Å². The smallest absolute Gasteiger partial charge is 0.202 e. The summed E-state index contributed by atoms with van der Waals surface area (Å²) in [6.45, 7) is 1.75. The molecule has 0 saturated carbocycles. The van der Waals surface area contributed by atoms with Crippen molar-refractivity contribution in [1.82, 2.24) is 9.55 Å². The van der Waals surface area contributed by atoms with Gasteiger partial charge < -0.3 is 10.3 Å². The van der Waals surface area contributed by atoms with E-state index in [-0.39, 0.29) is 0 Å². The topological polar surface area (TPSA) is 43.8 Å². The van der Waals surface area contributed by atoms with E-state index in [1.165, 1.54) is 18.5 Å². The molecule has 72 valence electrons. The minimum Gasteiger partial charge on any atom is -0.330 e. The van der Waals surface area contributed by atoms with Crippen LogP contribution in [0.25, 0.3) is 0 Å². The summed E-state index contributed by atoms with van der Waals surface area (Å²) in [5.74, 6) is 0.568. The fourth-order valence-electron chi connectivity index (χ4n) is 2.05. The summed E-state index contributed by atoms with van der Waals surface area (Å²) in [4.78, 5) is 4.12. The van der Waals surface area contributed by atoms with E-state index in [1.54, 1.807) is 0 Å². The Labute approximate surface area is 82.9 Å². The Morgan fingerprint density at radius 3 is 3.31 bits per heavy atom. The lowest BCUT2D eigenvalue weighted by atomic mass is 9.93. The monoisotopic (exact) mass is 199 g/mol. The lowest BCUT2D eigenvalue weighted by Crippen LogP contribution is -2.17. The lowest BCUT2D eigenvalue weighted by molar-refractivity contribution is 0.439. The van der Waals surface area contributed by atoms with Crippen LogP contribution in [0.1, 0.15) is 30.9 Å². The average molecular weight is 200 g/mol. The van der Waals surface area contributed by atoms with E-state index in [4.69, 9.17) is 17.3 Å². The third-order valence-electron chi connectivity index (χ3n) is 2.71. The molecule has 3 nitrogen and oxygen atoms in total. The molecule has 0 saturated heterocycles. The number of halogens is 1. The van der Waals surface area contributed by atoms with E-state index in [0.29, 0.717) is 11.2 Å². The first-order valence-corrected chi connectivity index (χ1v) is 5.11. The minimum atomic E-state index is 0.568. The molecule has 4 heteroatoms. The second-order valence-corrected chi connectivity index (χ2v) is 3.86. The molecule has 0 radical (unpaired) electrons. The Hall–Kier alpha value is -0.540. The van der Waals surface area contributed by atoms with Gasteiger partial charge in [-0.2, -0.15) is 0 Å². The number of hydrogen-bond acceptors (Lipinski definition) is 2. The van der Waals surface area contributed by atoms with Crippen molar-refractivity contribution in [1.29, 1.82) is 0 Å². The fourth-order valence-corrected chi connectivity index (χ4v) is 2.28. The maximum atomic E-state index is 5.94. The van der Waals surface area contributed by atoms with Crippen LogP contribution in [-0.2, 0) is 6.54 Å². The Bertz CT molecular complexity index is 295. The second kappa shape index (κ2) is 3.68. The molecule has 0 bridgehead atoms. The Morgan fingerprint density at radius 2 is 2.54 bits per heavy atom. The quantitative estimate of drug-likeness (QED) is 0.789. The molecule has 13 heavy (non-hydrogen) atoms. The van der Waals surface area contributed by atoms with Crippen LogP contribution < -0.4 is 5.73 Å². The van der Waals surface area contributed by atoms with Crippen LogP contribution in [0.4, 0.5) is 0 Å². The van der Waals surface area contributed by atoms with Crippen molar-refractivity contribution in [2.75, 3.05) is 6.54 Å². The fraction of sp³-hybridized carbons (Fsp3) is 0.667. The SMILES string of the molecule is NCCC1CCCn2c1cnc2Cl. The van der Waals surface area contributed by atoms with Gasteiger partial charge in [0.15, 0.2) is 0 Å². The van der Waals surface area contributed by atoms with Crippen LogP contribution in [0.2, 0.25) is 5.28 Å². The Kier molecular flexibility index (Phi) is 2.56. The van der Waals surface area contributed by atoms with Crippen molar-refractivity contribution in [3.8, 4) is 0 Å². The van der Waals surface area contributed by atoms with Gasteiger partial charge in [0.25, 0.3) is 0 Å². The van der Waals surface area contributed by atoms with Crippen molar-refractivity contribution in [2.24, 2.45) is 5.73 Å². The highest BCUT2D eigenvalue weighted by Gasteiger charge is 2.21. The second-order valence-electron chi connectivity index (χ2n) is 3.52. The maximum absolute atomic E-state index is 5.94. The summed E-state index contributed by atoms with van der Waals surface area (Å²) in [7, 11) is 0. The first kappa shape index (κ1) is 9.03. The zero-order valence-corrected chi connectivity index (χ0v) is 8.30. The molecule has 2 rings (SSSR count). The Balaban J connectivity index is 2.27. The van der Waals surface area contributed by atoms with Gasteiger partial charge in [-0.1, -0.05) is 0 Å². The van der Waals surface area contributed by atoms with Crippen LogP contribution in [0.15, 0.2) is 6.20 Å². The largest absolute Gasteiger partial charge is 0.330 e. The highest BCUT2D eigenvalue weighted by molar-refractivity contribution is 6.28. The lowest BCUT2D eigenvalue weighted by Gasteiger charge is -2.23. The van der Waals surface area contributed by atoms with E-state index in [0.717, 1.165) is 19.5 Å². The standard InChI is InChI=1S/C9H14ClN3/c10-9-12-6-8-7(3-4-11)2-1-5-13(8)9/h6-7H,1-5,11H2. The van der Waals surface area contributed by atoms with E-state index >= 15 is 0 Å². The normalized spacial score (nSPS) is 21.5. The molecule has 0 fully saturated rings. The number of aromatic nitrogens is 2. The van der Waals surface area contributed by atoms with Crippen LogP contribution in [0, 0.1) is 0 Å². The molecule has 0 amide bonds. The van der Waals surface area contributed by atoms with Crippen LogP contribution in [0.5, 0.6) is 0 Å². The van der Waals surface area contributed by atoms with Gasteiger partial charge in [-0.3, -0.25) is 0 Å². The number of hydrogen-bond donors (Lipinski definition) is 1. The molecule has 0 spiro atoms. The number of nitrogens with zero attached hydrogens (tertiary/aromatic N) is 2. The highest BCUT2D eigenvalue weighted by atomic mass is 35.5. The minimum absolute atomic E-state index is 0.568. The number of fused-ring (bicyclic) bond motifs is 1. The molecule has 1 aromatic rings. The van der Waals surface area contributed by atoms with E-state index in [2.05, 4.69) is 9.55 Å². The van der Waals surface area contributed by atoms with E-state index < -0.39 is 0 Å². The molecular formula is C9H14ClN3. The van der Waals surface area contributed by atoms with Crippen molar-refractivity contribution >= 4 is 11.6 Å². The average Bonchev–Trinajstić information content (AvgIpc) is 2.50. The van der Waals surface area contributed by atoms with Gasteiger partial charge in [0.1, 0.15) is 0 Å². The summed E-state index contributed by atoms with van der Waals surface area (Å²) < 4.78 is 2.10. The molecule has 1 aromatic heterocycles. The van der Waals surface area contributed by atoms with Gasteiger partial charge in [0.2, 0.25) is 5.28 Å². The molecule has 0 aromatic carbocycles. The van der Waals surface area contributed by atoms with Gasteiger partial charge in [0.05, 0.1) is 6.20 Å². The molecule has 2 heterocycles. The van der Waals surface area contributed by atoms with Gasteiger partial charge in [0, 0.05) is 18.2 Å².